The second-order valence-electron chi connectivity index (χ2n) is 7.42. The molecule has 7 nitrogen and oxygen atoms in total. The molecule has 0 aliphatic heterocycles. The highest BCUT2D eigenvalue weighted by molar-refractivity contribution is 7.92. The van der Waals surface area contributed by atoms with Crippen molar-refractivity contribution in [2.75, 3.05) is 25.5 Å². The second kappa shape index (κ2) is 10.4. The van der Waals surface area contributed by atoms with Gasteiger partial charge in [-0.15, -0.1) is 0 Å². The van der Waals surface area contributed by atoms with Crippen molar-refractivity contribution in [1.82, 2.24) is 4.90 Å². The lowest BCUT2D eigenvalue weighted by atomic mass is 10.0. The normalized spacial score (nSPS) is 12.0. The summed E-state index contributed by atoms with van der Waals surface area (Å²) >= 11 is 0. The Morgan fingerprint density at radius 2 is 1.73 bits per heavy atom. The maximum atomic E-state index is 13.2. The molecule has 0 spiro atoms. The summed E-state index contributed by atoms with van der Waals surface area (Å²) in [5.41, 5.74) is 1.53. The van der Waals surface area contributed by atoms with E-state index in [0.29, 0.717) is 23.8 Å². The van der Waals surface area contributed by atoms with Crippen LogP contribution in [0.2, 0.25) is 0 Å². The van der Waals surface area contributed by atoms with Crippen molar-refractivity contribution in [3.05, 3.63) is 83.9 Å². The number of hydrogen-bond acceptors (Lipinski definition) is 5. The third-order valence-corrected chi connectivity index (χ3v) is 6.68. The fraction of sp³-hybridized carbons (Fsp3) is 0.240. The predicted octanol–water partition coefficient (Wildman–Crippen LogP) is 4.73. The van der Waals surface area contributed by atoms with Crippen molar-refractivity contribution >= 4 is 21.6 Å². The number of carbonyl (C=O) groups excluding carboxylic acids is 1. The van der Waals surface area contributed by atoms with E-state index in [2.05, 4.69) is 4.72 Å². The molecule has 1 N–H and O–H groups in total. The zero-order valence-corrected chi connectivity index (χ0v) is 19.9. The first-order chi connectivity index (χ1) is 15.8. The number of nitrogens with one attached hydrogen (secondary N) is 1. The average Bonchev–Trinajstić information content (AvgIpc) is 2.84. The van der Waals surface area contributed by atoms with E-state index in [1.54, 1.807) is 55.5 Å². The molecule has 0 aromatic heterocycles. The van der Waals surface area contributed by atoms with Crippen molar-refractivity contribution < 1.29 is 22.7 Å². The van der Waals surface area contributed by atoms with E-state index in [4.69, 9.17) is 9.47 Å². The second-order valence-corrected chi connectivity index (χ2v) is 9.11. The van der Waals surface area contributed by atoms with Crippen LogP contribution in [0, 0.1) is 0 Å². The lowest BCUT2D eigenvalue weighted by Gasteiger charge is -2.26. The highest BCUT2D eigenvalue weighted by atomic mass is 32.2. The summed E-state index contributed by atoms with van der Waals surface area (Å²) in [6.07, 6.45) is 0. The van der Waals surface area contributed by atoms with Gasteiger partial charge in [-0.05, 0) is 62.4 Å². The van der Waals surface area contributed by atoms with Crippen molar-refractivity contribution in [3.8, 4) is 11.5 Å². The summed E-state index contributed by atoms with van der Waals surface area (Å²) in [6.45, 7) is 4.29. The van der Waals surface area contributed by atoms with E-state index in [-0.39, 0.29) is 22.4 Å². The monoisotopic (exact) mass is 468 g/mol. The van der Waals surface area contributed by atoms with Crippen LogP contribution in [-0.2, 0) is 10.0 Å². The fourth-order valence-electron chi connectivity index (χ4n) is 3.40. The van der Waals surface area contributed by atoms with E-state index in [1.807, 2.05) is 38.1 Å². The Hall–Kier alpha value is -3.52. The maximum Gasteiger partial charge on any atom is 0.261 e. The van der Waals surface area contributed by atoms with Gasteiger partial charge in [-0.2, -0.15) is 0 Å². The molecule has 3 rings (SSSR count). The standard InChI is InChI=1S/C25H28N2O5S/c1-5-32-21-15-13-20(14-16-21)26-33(29,30)22-10-8-9-19(17-22)25(28)27(3)18(2)23-11-6-7-12-24(23)31-4/h6-18,26H,5H2,1-4H3. The van der Waals surface area contributed by atoms with Crippen LogP contribution >= 0.6 is 0 Å². The SMILES string of the molecule is CCOc1ccc(NS(=O)(=O)c2cccc(C(=O)N(C)C(C)c3ccccc3OC)c2)cc1. The average molecular weight is 469 g/mol. The highest BCUT2D eigenvalue weighted by Gasteiger charge is 2.23. The molecule has 0 saturated carbocycles. The fourth-order valence-corrected chi connectivity index (χ4v) is 4.50. The number of rotatable bonds is 9. The van der Waals surface area contributed by atoms with Gasteiger partial charge < -0.3 is 14.4 Å². The summed E-state index contributed by atoms with van der Waals surface area (Å²) in [5.74, 6) is 1.03. The Morgan fingerprint density at radius 1 is 1.03 bits per heavy atom. The van der Waals surface area contributed by atoms with E-state index in [0.717, 1.165) is 5.56 Å². The van der Waals surface area contributed by atoms with Crippen molar-refractivity contribution in [2.24, 2.45) is 0 Å². The number of carbonyl (C=O) groups is 1. The molecular formula is C25H28N2O5S. The van der Waals surface area contributed by atoms with Crippen molar-refractivity contribution in [1.29, 1.82) is 0 Å². The number of anilines is 1. The van der Waals surface area contributed by atoms with Gasteiger partial charge >= 0.3 is 0 Å². The molecule has 0 aliphatic rings. The Balaban J connectivity index is 1.80. The van der Waals surface area contributed by atoms with Gasteiger partial charge in [0.05, 0.1) is 24.7 Å². The third kappa shape index (κ3) is 5.64. The molecule has 0 radical (unpaired) electrons. The van der Waals surface area contributed by atoms with Gasteiger partial charge in [-0.3, -0.25) is 9.52 Å². The maximum absolute atomic E-state index is 13.2. The zero-order chi connectivity index (χ0) is 24.0. The molecule has 1 unspecified atom stereocenters. The van der Waals surface area contributed by atoms with E-state index in [9.17, 15) is 13.2 Å². The number of hydrogen-bond donors (Lipinski definition) is 1. The third-order valence-electron chi connectivity index (χ3n) is 5.30. The largest absolute Gasteiger partial charge is 0.496 e. The van der Waals surface area contributed by atoms with Crippen LogP contribution in [0.1, 0.15) is 35.8 Å². The van der Waals surface area contributed by atoms with Gasteiger partial charge in [0, 0.05) is 23.9 Å². The van der Waals surface area contributed by atoms with E-state index >= 15 is 0 Å². The van der Waals surface area contributed by atoms with E-state index < -0.39 is 10.0 Å². The predicted molar refractivity (Wildman–Crippen MR) is 128 cm³/mol. The molecule has 0 aliphatic carbocycles. The van der Waals surface area contributed by atoms with Crippen LogP contribution < -0.4 is 14.2 Å². The lowest BCUT2D eigenvalue weighted by Crippen LogP contribution is -2.30. The molecule has 1 amide bonds. The summed E-state index contributed by atoms with van der Waals surface area (Å²) < 4.78 is 39.2. The summed E-state index contributed by atoms with van der Waals surface area (Å²) in [4.78, 5) is 14.7. The van der Waals surface area contributed by atoms with Gasteiger partial charge in [0.15, 0.2) is 0 Å². The van der Waals surface area contributed by atoms with Crippen LogP contribution in [0.15, 0.2) is 77.7 Å². The first-order valence-corrected chi connectivity index (χ1v) is 12.0. The van der Waals surface area contributed by atoms with Crippen LogP contribution in [0.25, 0.3) is 0 Å². The summed E-state index contributed by atoms with van der Waals surface area (Å²) in [7, 11) is -0.623. The van der Waals surface area contributed by atoms with Crippen molar-refractivity contribution in [2.45, 2.75) is 24.8 Å². The molecule has 0 heterocycles. The molecule has 0 saturated heterocycles. The molecule has 0 bridgehead atoms. The molecule has 33 heavy (non-hydrogen) atoms. The Bertz CT molecular complexity index is 1210. The molecule has 3 aromatic carbocycles. The topological polar surface area (TPSA) is 84.9 Å². The number of amides is 1. The van der Waals surface area contributed by atoms with E-state index in [1.165, 1.54) is 12.1 Å². The Morgan fingerprint density at radius 3 is 2.39 bits per heavy atom. The van der Waals surface area contributed by atoms with Gasteiger partial charge in [0.2, 0.25) is 0 Å². The minimum Gasteiger partial charge on any atom is -0.496 e. The quantitative estimate of drug-likeness (QED) is 0.491. The van der Waals surface area contributed by atoms with Crippen molar-refractivity contribution in [3.63, 3.8) is 0 Å². The molecule has 174 valence electrons. The number of sulfonamides is 1. The first-order valence-electron chi connectivity index (χ1n) is 10.5. The molecular weight excluding hydrogens is 440 g/mol. The smallest absolute Gasteiger partial charge is 0.261 e. The lowest BCUT2D eigenvalue weighted by molar-refractivity contribution is 0.0741. The minimum absolute atomic E-state index is 0.000537. The summed E-state index contributed by atoms with van der Waals surface area (Å²) in [6, 6.07) is 19.8. The first kappa shape index (κ1) is 24.1. The Kier molecular flexibility index (Phi) is 7.60. The van der Waals surface area contributed by atoms with Gasteiger partial charge in [0.25, 0.3) is 15.9 Å². The van der Waals surface area contributed by atoms with Crippen LogP contribution in [0.4, 0.5) is 5.69 Å². The number of benzene rings is 3. The molecule has 3 aromatic rings. The van der Waals surface area contributed by atoms with Gasteiger partial charge in [0.1, 0.15) is 11.5 Å². The highest BCUT2D eigenvalue weighted by Crippen LogP contribution is 2.29. The molecule has 1 atom stereocenters. The summed E-state index contributed by atoms with van der Waals surface area (Å²) in [5, 5.41) is 0. The minimum atomic E-state index is -3.88. The number of nitrogens with zero attached hydrogens (tertiary/aromatic N) is 1. The number of ether oxygens (including phenoxy) is 2. The zero-order valence-electron chi connectivity index (χ0n) is 19.1. The Labute approximate surface area is 195 Å². The van der Waals surface area contributed by atoms with Crippen LogP contribution in [0.5, 0.6) is 11.5 Å². The molecule has 8 heteroatoms. The van der Waals surface area contributed by atoms with Crippen LogP contribution in [-0.4, -0.2) is 40.0 Å². The molecule has 0 fully saturated rings. The van der Waals surface area contributed by atoms with Gasteiger partial charge in [-0.25, -0.2) is 8.42 Å². The number of methoxy groups -OCH3 is 1. The van der Waals surface area contributed by atoms with Crippen LogP contribution in [0.3, 0.4) is 0 Å². The number of para-hydroxylation sites is 1. The van der Waals surface area contributed by atoms with Gasteiger partial charge in [-0.1, -0.05) is 24.3 Å².